The molecule has 1 saturated heterocycles. The molecule has 2 heterocycles. The molecule has 0 bridgehead atoms. The van der Waals surface area contributed by atoms with Crippen LogP contribution in [0.25, 0.3) is 10.9 Å². The molecule has 30 heavy (non-hydrogen) atoms. The van der Waals surface area contributed by atoms with E-state index in [1.807, 2.05) is 0 Å². The minimum Gasteiger partial charge on any atom is -0.481 e. The normalized spacial score (nSPS) is 15.3. The van der Waals surface area contributed by atoms with Crippen LogP contribution in [-0.4, -0.2) is 29.2 Å². The second-order valence-corrected chi connectivity index (χ2v) is 6.71. The fourth-order valence-corrected chi connectivity index (χ4v) is 3.28. The van der Waals surface area contributed by atoms with Crippen molar-refractivity contribution in [3.8, 4) is 24.2 Å². The van der Waals surface area contributed by atoms with E-state index in [1.165, 1.54) is 18.3 Å². The van der Waals surface area contributed by atoms with Gasteiger partial charge in [0.15, 0.2) is 5.75 Å². The van der Waals surface area contributed by atoms with E-state index in [0.29, 0.717) is 47.5 Å². The van der Waals surface area contributed by atoms with Gasteiger partial charge in [-0.05, 0) is 18.2 Å². The maximum absolute atomic E-state index is 11.7. The number of pyridine rings is 1. The van der Waals surface area contributed by atoms with Gasteiger partial charge in [-0.25, -0.2) is 0 Å². The highest BCUT2D eigenvalue weighted by Gasteiger charge is 2.25. The minimum absolute atomic E-state index is 0.125. The molecule has 4 rings (SSSR count). The summed E-state index contributed by atoms with van der Waals surface area (Å²) >= 11 is 0. The lowest BCUT2D eigenvalue weighted by Crippen LogP contribution is -2.16. The van der Waals surface area contributed by atoms with E-state index >= 15 is 0 Å². The van der Waals surface area contributed by atoms with Gasteiger partial charge in [0.25, 0.3) is 0 Å². The monoisotopic (exact) mass is 400 g/mol. The summed E-state index contributed by atoms with van der Waals surface area (Å²) in [7, 11) is 0. The van der Waals surface area contributed by atoms with Crippen molar-refractivity contribution in [2.45, 2.75) is 12.5 Å². The van der Waals surface area contributed by atoms with E-state index < -0.39 is 4.92 Å². The van der Waals surface area contributed by atoms with Gasteiger partial charge in [-0.3, -0.25) is 15.1 Å². The zero-order valence-corrected chi connectivity index (χ0v) is 15.8. The average Bonchev–Trinajstić information content (AvgIpc) is 3.26. The van der Waals surface area contributed by atoms with Crippen LogP contribution in [-0.2, 0) is 4.74 Å². The lowest BCUT2D eigenvalue weighted by atomic mass is 10.1. The summed E-state index contributed by atoms with van der Waals surface area (Å²) in [4.78, 5) is 15.5. The maximum Gasteiger partial charge on any atom is 0.311 e. The van der Waals surface area contributed by atoms with Gasteiger partial charge in [0, 0.05) is 41.4 Å². The third-order valence-corrected chi connectivity index (χ3v) is 4.75. The zero-order valence-electron chi connectivity index (χ0n) is 15.8. The molecule has 1 unspecified atom stereocenters. The number of nitrogens with zero attached hydrogens (tertiary/aromatic N) is 3. The fourth-order valence-electron chi connectivity index (χ4n) is 3.28. The number of fused-ring (bicyclic) bond motifs is 1. The standard InChI is InChI=1S/C22H16N4O4/c1-2-14-4-3-5-16(8-14)25-22-15(11-23)12-24-19-10-21(30-17-6-7-29-13-17)20(26(27)28)9-18(19)22/h1,3-5,8-10,12,17H,6-7,13H2,(H,24,25). The molecule has 148 valence electrons. The molecule has 8 heteroatoms. The Balaban J connectivity index is 1.84. The van der Waals surface area contributed by atoms with E-state index in [0.717, 1.165) is 0 Å². The summed E-state index contributed by atoms with van der Waals surface area (Å²) in [5, 5.41) is 24.8. The molecule has 0 radical (unpaired) electrons. The maximum atomic E-state index is 11.7. The second kappa shape index (κ2) is 8.08. The van der Waals surface area contributed by atoms with Crippen molar-refractivity contribution in [2.24, 2.45) is 0 Å². The van der Waals surface area contributed by atoms with Crippen molar-refractivity contribution in [1.29, 1.82) is 5.26 Å². The van der Waals surface area contributed by atoms with Gasteiger partial charge in [0.1, 0.15) is 12.2 Å². The largest absolute Gasteiger partial charge is 0.481 e. The highest BCUT2D eigenvalue weighted by Crippen LogP contribution is 2.37. The highest BCUT2D eigenvalue weighted by molar-refractivity contribution is 5.98. The molecule has 2 aromatic carbocycles. The van der Waals surface area contributed by atoms with Crippen LogP contribution in [0.3, 0.4) is 0 Å². The van der Waals surface area contributed by atoms with Gasteiger partial charge in [-0.2, -0.15) is 5.26 Å². The topological polar surface area (TPSA) is 110 Å². The number of terminal acetylenes is 1. The summed E-state index contributed by atoms with van der Waals surface area (Å²) in [5.41, 5.74) is 2.24. The van der Waals surface area contributed by atoms with Gasteiger partial charge in [0.05, 0.1) is 34.9 Å². The number of anilines is 2. The third-order valence-electron chi connectivity index (χ3n) is 4.75. The van der Waals surface area contributed by atoms with E-state index in [-0.39, 0.29) is 23.1 Å². The summed E-state index contributed by atoms with van der Waals surface area (Å²) in [6.45, 7) is 0.939. The Hall–Kier alpha value is -4.14. The van der Waals surface area contributed by atoms with Gasteiger partial charge in [0.2, 0.25) is 0 Å². The molecule has 1 aliphatic heterocycles. The molecule has 1 aromatic heterocycles. The number of ether oxygens (including phenoxy) is 2. The predicted molar refractivity (Wildman–Crippen MR) is 111 cm³/mol. The van der Waals surface area contributed by atoms with E-state index in [4.69, 9.17) is 15.9 Å². The van der Waals surface area contributed by atoms with Crippen LogP contribution in [0.2, 0.25) is 0 Å². The Morgan fingerprint density at radius 3 is 2.93 bits per heavy atom. The zero-order chi connectivity index (χ0) is 21.1. The van der Waals surface area contributed by atoms with Crippen LogP contribution >= 0.6 is 0 Å². The van der Waals surface area contributed by atoms with Crippen molar-refractivity contribution in [1.82, 2.24) is 4.98 Å². The number of hydrogen-bond acceptors (Lipinski definition) is 7. The molecule has 0 aliphatic carbocycles. The van der Waals surface area contributed by atoms with Gasteiger partial charge < -0.3 is 14.8 Å². The number of hydrogen-bond donors (Lipinski definition) is 1. The van der Waals surface area contributed by atoms with Crippen molar-refractivity contribution in [3.63, 3.8) is 0 Å². The third kappa shape index (κ3) is 3.72. The quantitative estimate of drug-likeness (QED) is 0.393. The van der Waals surface area contributed by atoms with E-state index in [2.05, 4.69) is 22.3 Å². The lowest BCUT2D eigenvalue weighted by molar-refractivity contribution is -0.385. The minimum atomic E-state index is -0.508. The number of rotatable bonds is 5. The molecule has 0 spiro atoms. The number of nitro groups is 1. The lowest BCUT2D eigenvalue weighted by Gasteiger charge is -2.15. The Kier molecular flexibility index (Phi) is 5.17. The summed E-state index contributed by atoms with van der Waals surface area (Å²) in [5.74, 6) is 2.68. The highest BCUT2D eigenvalue weighted by atomic mass is 16.6. The molecule has 1 aliphatic rings. The SMILES string of the molecule is C#Cc1cccc(Nc2c(C#N)cnc3cc(OC4CCOC4)c([N+](=O)[O-])cc23)c1. The van der Waals surface area contributed by atoms with Crippen LogP contribution < -0.4 is 10.1 Å². The fraction of sp³-hybridized carbons (Fsp3) is 0.182. The number of nitrogens with one attached hydrogen (secondary N) is 1. The summed E-state index contributed by atoms with van der Waals surface area (Å²) in [6.07, 6.45) is 7.29. The number of aromatic nitrogens is 1. The number of nitriles is 1. The molecule has 1 fully saturated rings. The van der Waals surface area contributed by atoms with Crippen LogP contribution in [0, 0.1) is 33.8 Å². The Labute approximate surface area is 172 Å². The molecule has 1 atom stereocenters. The Bertz CT molecular complexity index is 1220. The molecule has 0 amide bonds. The molecular weight excluding hydrogens is 384 g/mol. The van der Waals surface area contributed by atoms with Gasteiger partial charge in [-0.1, -0.05) is 12.0 Å². The first-order valence-electron chi connectivity index (χ1n) is 9.18. The van der Waals surface area contributed by atoms with Crippen LogP contribution in [0.5, 0.6) is 5.75 Å². The summed E-state index contributed by atoms with van der Waals surface area (Å²) in [6, 6.07) is 12.1. The number of benzene rings is 2. The smallest absolute Gasteiger partial charge is 0.311 e. The van der Waals surface area contributed by atoms with Crippen molar-refractivity contribution in [2.75, 3.05) is 18.5 Å². The first-order chi connectivity index (χ1) is 14.6. The van der Waals surface area contributed by atoms with Gasteiger partial charge in [-0.15, -0.1) is 6.42 Å². The second-order valence-electron chi connectivity index (χ2n) is 6.71. The summed E-state index contributed by atoms with van der Waals surface area (Å²) < 4.78 is 11.1. The number of nitro benzene ring substituents is 1. The molecular formula is C22H16N4O4. The van der Waals surface area contributed by atoms with Crippen LogP contribution in [0.15, 0.2) is 42.6 Å². The van der Waals surface area contributed by atoms with Crippen molar-refractivity contribution >= 4 is 28.0 Å². The molecule has 3 aromatic rings. The Morgan fingerprint density at radius 2 is 2.23 bits per heavy atom. The molecule has 8 nitrogen and oxygen atoms in total. The first kappa shape index (κ1) is 19.2. The van der Waals surface area contributed by atoms with E-state index in [9.17, 15) is 15.4 Å². The van der Waals surface area contributed by atoms with Crippen LogP contribution in [0.4, 0.5) is 17.1 Å². The van der Waals surface area contributed by atoms with Crippen LogP contribution in [0.1, 0.15) is 17.5 Å². The van der Waals surface area contributed by atoms with Crippen molar-refractivity contribution < 1.29 is 14.4 Å². The molecule has 1 N–H and O–H groups in total. The van der Waals surface area contributed by atoms with Crippen molar-refractivity contribution in [3.05, 3.63) is 63.8 Å². The Morgan fingerprint density at radius 1 is 1.37 bits per heavy atom. The molecule has 0 saturated carbocycles. The first-order valence-corrected chi connectivity index (χ1v) is 9.18. The van der Waals surface area contributed by atoms with Gasteiger partial charge >= 0.3 is 5.69 Å². The predicted octanol–water partition coefficient (Wildman–Crippen LogP) is 3.91. The average molecular weight is 400 g/mol. The van der Waals surface area contributed by atoms with E-state index in [1.54, 1.807) is 24.3 Å².